The highest BCUT2D eigenvalue weighted by atomic mass is 35.5. The summed E-state index contributed by atoms with van der Waals surface area (Å²) in [5.41, 5.74) is 0. The molecule has 0 aliphatic rings. The van der Waals surface area contributed by atoms with Gasteiger partial charge in [-0.3, -0.25) is 0 Å². The van der Waals surface area contributed by atoms with Crippen LogP contribution in [-0.4, -0.2) is 19.1 Å². The summed E-state index contributed by atoms with van der Waals surface area (Å²) in [6.07, 6.45) is 6.79. The van der Waals surface area contributed by atoms with Gasteiger partial charge in [0.15, 0.2) is 0 Å². The van der Waals surface area contributed by atoms with E-state index in [1.807, 2.05) is 12.1 Å². The molecule has 0 saturated carbocycles. The van der Waals surface area contributed by atoms with Crippen LogP contribution >= 0.6 is 11.6 Å². The smallest absolute Gasteiger partial charge is 0.119 e. The maximum Gasteiger partial charge on any atom is 0.119 e. The Morgan fingerprint density at radius 2 is 1.30 bits per heavy atom. The molecule has 0 N–H and O–H groups in total. The summed E-state index contributed by atoms with van der Waals surface area (Å²) in [5.74, 6) is 2.64. The van der Waals surface area contributed by atoms with Crippen LogP contribution in [-0.2, 0) is 0 Å². The Labute approximate surface area is 144 Å². The van der Waals surface area contributed by atoms with Crippen LogP contribution in [0, 0.1) is 0 Å². The summed E-state index contributed by atoms with van der Waals surface area (Å²) >= 11 is 5.67. The molecule has 0 heterocycles. The van der Waals surface area contributed by atoms with E-state index in [9.17, 15) is 0 Å². The monoisotopic (exact) mass is 334 g/mol. The van der Waals surface area contributed by atoms with E-state index in [1.165, 1.54) is 23.6 Å². The Kier molecular flexibility index (Phi) is 8.10. The summed E-state index contributed by atoms with van der Waals surface area (Å²) in [4.78, 5) is 0. The largest absolute Gasteiger partial charge is 0.494 e. The second-order valence-corrected chi connectivity index (χ2v) is 6.20. The van der Waals surface area contributed by atoms with Crippen molar-refractivity contribution in [1.29, 1.82) is 0 Å². The topological polar surface area (TPSA) is 18.5 Å². The summed E-state index contributed by atoms with van der Waals surface area (Å²) in [7, 11) is 0. The van der Waals surface area contributed by atoms with Crippen molar-refractivity contribution in [3.8, 4) is 11.5 Å². The first-order valence-corrected chi connectivity index (χ1v) is 9.22. The Balaban J connectivity index is 1.85. The third kappa shape index (κ3) is 6.31. The van der Waals surface area contributed by atoms with Crippen LogP contribution in [0.5, 0.6) is 11.5 Å². The molecule has 0 amide bonds. The van der Waals surface area contributed by atoms with E-state index in [0.717, 1.165) is 56.3 Å². The minimum atomic E-state index is 0.760. The van der Waals surface area contributed by atoms with E-state index in [0.29, 0.717) is 0 Å². The van der Waals surface area contributed by atoms with E-state index in [2.05, 4.69) is 31.2 Å². The normalized spacial score (nSPS) is 10.9. The molecule has 0 saturated heterocycles. The van der Waals surface area contributed by atoms with Crippen molar-refractivity contribution in [3.05, 3.63) is 36.4 Å². The average Bonchev–Trinajstić information content (AvgIpc) is 2.58. The Hall–Kier alpha value is -1.41. The third-order valence-corrected chi connectivity index (χ3v) is 4.11. The predicted octanol–water partition coefficient (Wildman–Crippen LogP) is 6.20. The standard InChI is InChI=1S/C20H27ClO2/c1-2-3-13-22-19-10-8-18-16-20(11-9-17(18)15-19)23-14-7-5-4-6-12-21/h8-11,15-16H,2-7,12-14H2,1H3. The number of hydrogen-bond donors (Lipinski definition) is 0. The van der Waals surface area contributed by atoms with Gasteiger partial charge < -0.3 is 9.47 Å². The number of fused-ring (bicyclic) bond motifs is 1. The quantitative estimate of drug-likeness (QED) is 0.360. The van der Waals surface area contributed by atoms with Gasteiger partial charge in [0.2, 0.25) is 0 Å². The molecule has 0 unspecified atom stereocenters. The van der Waals surface area contributed by atoms with Gasteiger partial charge in [-0.05, 0) is 54.3 Å². The lowest BCUT2D eigenvalue weighted by molar-refractivity contribution is 0.305. The van der Waals surface area contributed by atoms with Crippen molar-refractivity contribution in [2.45, 2.75) is 45.4 Å². The average molecular weight is 335 g/mol. The first-order valence-electron chi connectivity index (χ1n) is 8.69. The number of halogens is 1. The van der Waals surface area contributed by atoms with Gasteiger partial charge in [-0.1, -0.05) is 38.3 Å². The molecule has 0 spiro atoms. The van der Waals surface area contributed by atoms with Gasteiger partial charge in [0.1, 0.15) is 11.5 Å². The lowest BCUT2D eigenvalue weighted by Crippen LogP contribution is -1.98. The molecule has 0 fully saturated rings. The SMILES string of the molecule is CCCCOc1ccc2cc(OCCCCCCCl)ccc2c1. The first-order chi connectivity index (χ1) is 11.3. The molecule has 0 radical (unpaired) electrons. The second-order valence-electron chi connectivity index (χ2n) is 5.82. The maximum absolute atomic E-state index is 5.84. The van der Waals surface area contributed by atoms with E-state index in [1.54, 1.807) is 0 Å². The van der Waals surface area contributed by atoms with Crippen molar-refractivity contribution in [2.75, 3.05) is 19.1 Å². The van der Waals surface area contributed by atoms with Crippen molar-refractivity contribution in [2.24, 2.45) is 0 Å². The minimum absolute atomic E-state index is 0.760. The fourth-order valence-electron chi connectivity index (χ4n) is 2.46. The Morgan fingerprint density at radius 3 is 1.87 bits per heavy atom. The summed E-state index contributed by atoms with van der Waals surface area (Å²) < 4.78 is 11.6. The van der Waals surface area contributed by atoms with Crippen molar-refractivity contribution < 1.29 is 9.47 Å². The predicted molar refractivity (Wildman–Crippen MR) is 99.0 cm³/mol. The van der Waals surface area contributed by atoms with Gasteiger partial charge in [-0.2, -0.15) is 0 Å². The van der Waals surface area contributed by atoms with Crippen LogP contribution in [0.15, 0.2) is 36.4 Å². The third-order valence-electron chi connectivity index (χ3n) is 3.85. The molecule has 0 bridgehead atoms. The number of alkyl halides is 1. The lowest BCUT2D eigenvalue weighted by atomic mass is 10.1. The fourth-order valence-corrected chi connectivity index (χ4v) is 2.64. The van der Waals surface area contributed by atoms with E-state index in [4.69, 9.17) is 21.1 Å². The number of unbranched alkanes of at least 4 members (excludes halogenated alkanes) is 4. The van der Waals surface area contributed by atoms with Gasteiger partial charge in [-0.15, -0.1) is 11.6 Å². The first kappa shape index (κ1) is 17.9. The van der Waals surface area contributed by atoms with E-state index >= 15 is 0 Å². The molecule has 0 aliphatic heterocycles. The van der Waals surface area contributed by atoms with Crippen LogP contribution in [0.3, 0.4) is 0 Å². The van der Waals surface area contributed by atoms with Crippen LogP contribution in [0.2, 0.25) is 0 Å². The summed E-state index contributed by atoms with van der Waals surface area (Å²) in [6, 6.07) is 12.5. The van der Waals surface area contributed by atoms with Gasteiger partial charge in [0, 0.05) is 5.88 Å². The number of ether oxygens (including phenoxy) is 2. The van der Waals surface area contributed by atoms with Crippen LogP contribution < -0.4 is 9.47 Å². The van der Waals surface area contributed by atoms with Crippen LogP contribution in [0.4, 0.5) is 0 Å². The second kappa shape index (κ2) is 10.4. The number of benzene rings is 2. The lowest BCUT2D eigenvalue weighted by Gasteiger charge is -2.09. The highest BCUT2D eigenvalue weighted by Gasteiger charge is 2.01. The van der Waals surface area contributed by atoms with Gasteiger partial charge >= 0.3 is 0 Å². The Bertz CT molecular complexity index is 583. The number of hydrogen-bond acceptors (Lipinski definition) is 2. The molecule has 126 valence electrons. The van der Waals surface area contributed by atoms with Crippen molar-refractivity contribution in [3.63, 3.8) is 0 Å². The van der Waals surface area contributed by atoms with Crippen molar-refractivity contribution in [1.82, 2.24) is 0 Å². The minimum Gasteiger partial charge on any atom is -0.494 e. The molecule has 23 heavy (non-hydrogen) atoms. The molecule has 0 aliphatic carbocycles. The molecular weight excluding hydrogens is 308 g/mol. The molecule has 0 atom stereocenters. The highest BCUT2D eigenvalue weighted by Crippen LogP contribution is 2.25. The van der Waals surface area contributed by atoms with Crippen LogP contribution in [0.25, 0.3) is 10.8 Å². The van der Waals surface area contributed by atoms with Gasteiger partial charge in [0.25, 0.3) is 0 Å². The zero-order chi connectivity index (χ0) is 16.3. The van der Waals surface area contributed by atoms with Crippen molar-refractivity contribution >= 4 is 22.4 Å². The van der Waals surface area contributed by atoms with Gasteiger partial charge in [0.05, 0.1) is 13.2 Å². The molecule has 0 aromatic heterocycles. The zero-order valence-corrected chi connectivity index (χ0v) is 14.8. The Morgan fingerprint density at radius 1 is 0.739 bits per heavy atom. The molecular formula is C20H27ClO2. The fraction of sp³-hybridized carbons (Fsp3) is 0.500. The van der Waals surface area contributed by atoms with E-state index in [-0.39, 0.29) is 0 Å². The summed E-state index contributed by atoms with van der Waals surface area (Å²) in [5, 5.41) is 2.38. The number of rotatable bonds is 11. The zero-order valence-electron chi connectivity index (χ0n) is 14.0. The summed E-state index contributed by atoms with van der Waals surface area (Å²) in [6.45, 7) is 3.72. The van der Waals surface area contributed by atoms with Crippen LogP contribution in [0.1, 0.15) is 45.4 Å². The van der Waals surface area contributed by atoms with E-state index < -0.39 is 0 Å². The van der Waals surface area contributed by atoms with Gasteiger partial charge in [-0.25, -0.2) is 0 Å². The molecule has 2 aromatic rings. The molecule has 2 rings (SSSR count). The highest BCUT2D eigenvalue weighted by molar-refractivity contribution is 6.17. The molecule has 3 heteroatoms. The maximum atomic E-state index is 5.84. The molecule has 2 nitrogen and oxygen atoms in total. The molecule has 2 aromatic carbocycles.